The van der Waals surface area contributed by atoms with Crippen LogP contribution in [0.25, 0.3) is 0 Å². The first-order chi connectivity index (χ1) is 8.91. The smallest absolute Gasteiger partial charge is 0.118 e. The van der Waals surface area contributed by atoms with Gasteiger partial charge < -0.3 is 10.1 Å². The van der Waals surface area contributed by atoms with Gasteiger partial charge in [-0.15, -0.1) is 0 Å². The van der Waals surface area contributed by atoms with Crippen molar-refractivity contribution in [3.63, 3.8) is 0 Å². The lowest BCUT2D eigenvalue weighted by Gasteiger charge is -2.24. The molecular weight excluding hydrogens is 234 g/mol. The lowest BCUT2D eigenvalue weighted by molar-refractivity contribution is 0.356. The fourth-order valence-electron chi connectivity index (χ4n) is 3.43. The first-order valence-electron chi connectivity index (χ1n) is 7.31. The molecule has 0 saturated heterocycles. The van der Waals surface area contributed by atoms with Gasteiger partial charge in [-0.25, -0.2) is 0 Å². The second-order valence-electron chi connectivity index (χ2n) is 6.82. The Balaban J connectivity index is 1.98. The molecule has 0 aromatic heterocycles. The highest BCUT2D eigenvalue weighted by atomic mass is 16.5. The van der Waals surface area contributed by atoms with Gasteiger partial charge in [-0.1, -0.05) is 32.9 Å². The predicted octanol–water partition coefficient (Wildman–Crippen LogP) is 4.17. The molecular formula is C17H27NO. The van der Waals surface area contributed by atoms with E-state index in [-0.39, 0.29) is 0 Å². The Morgan fingerprint density at radius 2 is 1.84 bits per heavy atom. The number of hydrogen-bond donors (Lipinski definition) is 1. The van der Waals surface area contributed by atoms with Gasteiger partial charge in [0.2, 0.25) is 0 Å². The summed E-state index contributed by atoms with van der Waals surface area (Å²) in [4.78, 5) is 0. The SMILES string of the molecule is COc1ccc(C(C)NC2CC(C)(C)CC2C)cc1. The molecule has 0 bridgehead atoms. The van der Waals surface area contributed by atoms with Crippen molar-refractivity contribution in [1.29, 1.82) is 0 Å². The van der Waals surface area contributed by atoms with E-state index in [1.165, 1.54) is 18.4 Å². The minimum atomic E-state index is 0.396. The number of methoxy groups -OCH3 is 1. The Bertz CT molecular complexity index is 410. The van der Waals surface area contributed by atoms with E-state index in [1.54, 1.807) is 7.11 Å². The molecule has 19 heavy (non-hydrogen) atoms. The van der Waals surface area contributed by atoms with Crippen molar-refractivity contribution in [2.24, 2.45) is 11.3 Å². The average molecular weight is 261 g/mol. The van der Waals surface area contributed by atoms with Gasteiger partial charge in [0.05, 0.1) is 7.11 Å². The van der Waals surface area contributed by atoms with Crippen LogP contribution in [0.4, 0.5) is 0 Å². The van der Waals surface area contributed by atoms with Crippen LogP contribution >= 0.6 is 0 Å². The van der Waals surface area contributed by atoms with E-state index < -0.39 is 0 Å². The van der Waals surface area contributed by atoms with E-state index in [1.807, 2.05) is 12.1 Å². The van der Waals surface area contributed by atoms with E-state index >= 15 is 0 Å². The summed E-state index contributed by atoms with van der Waals surface area (Å²) in [6.45, 7) is 9.37. The van der Waals surface area contributed by atoms with Crippen LogP contribution in [0.5, 0.6) is 5.75 Å². The summed E-state index contributed by atoms with van der Waals surface area (Å²) in [6, 6.07) is 9.41. The minimum absolute atomic E-state index is 0.396. The maximum atomic E-state index is 5.21. The molecule has 1 saturated carbocycles. The molecule has 1 aliphatic carbocycles. The molecule has 0 amide bonds. The number of hydrogen-bond acceptors (Lipinski definition) is 2. The van der Waals surface area contributed by atoms with E-state index in [9.17, 15) is 0 Å². The molecule has 1 aromatic rings. The topological polar surface area (TPSA) is 21.3 Å². The maximum absolute atomic E-state index is 5.21. The van der Waals surface area contributed by atoms with E-state index in [0.29, 0.717) is 17.5 Å². The highest BCUT2D eigenvalue weighted by Crippen LogP contribution is 2.41. The quantitative estimate of drug-likeness (QED) is 0.878. The third-order valence-corrected chi connectivity index (χ3v) is 4.41. The summed E-state index contributed by atoms with van der Waals surface area (Å²) in [7, 11) is 1.71. The third kappa shape index (κ3) is 3.50. The van der Waals surface area contributed by atoms with Gasteiger partial charge >= 0.3 is 0 Å². The van der Waals surface area contributed by atoms with Gasteiger partial charge in [-0.3, -0.25) is 0 Å². The van der Waals surface area contributed by atoms with Crippen LogP contribution in [0.15, 0.2) is 24.3 Å². The Morgan fingerprint density at radius 1 is 1.21 bits per heavy atom. The average Bonchev–Trinajstić information content (AvgIpc) is 2.62. The largest absolute Gasteiger partial charge is 0.497 e. The number of nitrogens with one attached hydrogen (secondary N) is 1. The normalized spacial score (nSPS) is 27.2. The summed E-state index contributed by atoms with van der Waals surface area (Å²) in [5.41, 5.74) is 1.81. The Morgan fingerprint density at radius 3 is 2.32 bits per heavy atom. The Hall–Kier alpha value is -1.02. The molecule has 0 aliphatic heterocycles. The zero-order chi connectivity index (χ0) is 14.0. The van der Waals surface area contributed by atoms with Crippen molar-refractivity contribution < 1.29 is 4.74 Å². The van der Waals surface area contributed by atoms with Gasteiger partial charge in [-0.2, -0.15) is 0 Å². The van der Waals surface area contributed by atoms with Crippen molar-refractivity contribution >= 4 is 0 Å². The summed E-state index contributed by atoms with van der Waals surface area (Å²) >= 11 is 0. The van der Waals surface area contributed by atoms with Gasteiger partial charge in [-0.05, 0) is 48.8 Å². The van der Waals surface area contributed by atoms with Crippen molar-refractivity contribution in [3.8, 4) is 5.75 Å². The standard InChI is InChI=1S/C17H27NO/c1-12-10-17(3,4)11-16(12)18-13(2)14-6-8-15(19-5)9-7-14/h6-9,12-13,16,18H,10-11H2,1-5H3. The summed E-state index contributed by atoms with van der Waals surface area (Å²) in [5, 5.41) is 3.80. The van der Waals surface area contributed by atoms with E-state index in [4.69, 9.17) is 4.74 Å². The van der Waals surface area contributed by atoms with Crippen LogP contribution in [0.1, 0.15) is 52.1 Å². The second-order valence-corrected chi connectivity index (χ2v) is 6.82. The van der Waals surface area contributed by atoms with Crippen LogP contribution in [-0.2, 0) is 0 Å². The van der Waals surface area contributed by atoms with Crippen molar-refractivity contribution in [3.05, 3.63) is 29.8 Å². The summed E-state index contributed by atoms with van der Waals surface area (Å²) in [6.07, 6.45) is 2.59. The van der Waals surface area contributed by atoms with Crippen LogP contribution < -0.4 is 10.1 Å². The van der Waals surface area contributed by atoms with Crippen LogP contribution in [-0.4, -0.2) is 13.2 Å². The lowest BCUT2D eigenvalue weighted by Crippen LogP contribution is -2.33. The van der Waals surface area contributed by atoms with Crippen LogP contribution in [0.3, 0.4) is 0 Å². The van der Waals surface area contributed by atoms with Gasteiger partial charge in [0.15, 0.2) is 0 Å². The zero-order valence-electron chi connectivity index (χ0n) is 12.9. The lowest BCUT2D eigenvalue weighted by atomic mass is 9.91. The van der Waals surface area contributed by atoms with Crippen molar-refractivity contribution in [2.75, 3.05) is 7.11 Å². The molecule has 2 heteroatoms. The van der Waals surface area contributed by atoms with Crippen LogP contribution in [0, 0.1) is 11.3 Å². The van der Waals surface area contributed by atoms with E-state index in [2.05, 4.69) is 45.1 Å². The monoisotopic (exact) mass is 261 g/mol. The first-order valence-corrected chi connectivity index (χ1v) is 7.31. The molecule has 1 aliphatic rings. The summed E-state index contributed by atoms with van der Waals surface area (Å²) in [5.74, 6) is 1.68. The fourth-order valence-corrected chi connectivity index (χ4v) is 3.43. The zero-order valence-corrected chi connectivity index (χ0v) is 12.9. The van der Waals surface area contributed by atoms with Gasteiger partial charge in [0.25, 0.3) is 0 Å². The first kappa shape index (κ1) is 14.4. The fraction of sp³-hybridized carbons (Fsp3) is 0.647. The van der Waals surface area contributed by atoms with Crippen molar-refractivity contribution in [2.45, 2.75) is 52.6 Å². The highest BCUT2D eigenvalue weighted by molar-refractivity contribution is 5.28. The Labute approximate surface area is 117 Å². The molecule has 0 spiro atoms. The molecule has 106 valence electrons. The second kappa shape index (κ2) is 5.54. The third-order valence-electron chi connectivity index (χ3n) is 4.41. The molecule has 1 aromatic carbocycles. The molecule has 3 unspecified atom stereocenters. The predicted molar refractivity (Wildman–Crippen MR) is 80.5 cm³/mol. The number of ether oxygens (including phenoxy) is 1. The molecule has 0 radical (unpaired) electrons. The molecule has 2 rings (SSSR count). The van der Waals surface area contributed by atoms with Crippen molar-refractivity contribution in [1.82, 2.24) is 5.32 Å². The molecule has 3 atom stereocenters. The van der Waals surface area contributed by atoms with Gasteiger partial charge in [0.1, 0.15) is 5.75 Å². The Kier molecular flexibility index (Phi) is 4.19. The maximum Gasteiger partial charge on any atom is 0.118 e. The van der Waals surface area contributed by atoms with Gasteiger partial charge in [0, 0.05) is 12.1 Å². The highest BCUT2D eigenvalue weighted by Gasteiger charge is 2.36. The molecule has 1 N–H and O–H groups in total. The number of benzene rings is 1. The summed E-state index contributed by atoms with van der Waals surface area (Å²) < 4.78 is 5.21. The molecule has 2 nitrogen and oxygen atoms in total. The van der Waals surface area contributed by atoms with Crippen LogP contribution in [0.2, 0.25) is 0 Å². The number of rotatable bonds is 4. The minimum Gasteiger partial charge on any atom is -0.497 e. The van der Waals surface area contributed by atoms with E-state index in [0.717, 1.165) is 11.7 Å². The molecule has 1 fully saturated rings. The molecule has 0 heterocycles.